The molecule has 21 heavy (non-hydrogen) atoms. The van der Waals surface area contributed by atoms with Crippen molar-refractivity contribution in [3.05, 3.63) is 71.8 Å². The SMILES string of the molecule is CC(OCc1ccccc1)(c1ccccc1)C(O)C(=O)O. The molecule has 4 heteroatoms. The van der Waals surface area contributed by atoms with Gasteiger partial charge in [0.15, 0.2) is 6.10 Å². The molecule has 2 rings (SSSR count). The zero-order chi connectivity index (χ0) is 15.3. The number of aliphatic hydroxyl groups excluding tert-OH is 1. The Labute approximate surface area is 123 Å². The minimum absolute atomic E-state index is 0.219. The van der Waals surface area contributed by atoms with Crippen molar-refractivity contribution in [1.82, 2.24) is 0 Å². The van der Waals surface area contributed by atoms with Gasteiger partial charge < -0.3 is 14.9 Å². The highest BCUT2D eigenvalue weighted by atomic mass is 16.5. The van der Waals surface area contributed by atoms with E-state index in [9.17, 15) is 9.90 Å². The number of carboxylic acids is 1. The van der Waals surface area contributed by atoms with E-state index in [0.29, 0.717) is 5.56 Å². The van der Waals surface area contributed by atoms with E-state index in [0.717, 1.165) is 5.56 Å². The van der Waals surface area contributed by atoms with Gasteiger partial charge in [-0.2, -0.15) is 0 Å². The third kappa shape index (κ3) is 3.48. The molecule has 4 nitrogen and oxygen atoms in total. The van der Waals surface area contributed by atoms with Crippen molar-refractivity contribution in [3.63, 3.8) is 0 Å². The highest BCUT2D eigenvalue weighted by Gasteiger charge is 2.40. The van der Waals surface area contributed by atoms with Crippen LogP contribution >= 0.6 is 0 Å². The Kier molecular flexibility index (Phi) is 4.73. The summed E-state index contributed by atoms with van der Waals surface area (Å²) in [6.45, 7) is 1.81. The molecule has 0 saturated heterocycles. The second kappa shape index (κ2) is 6.52. The molecule has 0 fully saturated rings. The predicted molar refractivity (Wildman–Crippen MR) is 78.7 cm³/mol. The van der Waals surface area contributed by atoms with Crippen LogP contribution in [0, 0.1) is 0 Å². The molecule has 110 valence electrons. The second-order valence-electron chi connectivity index (χ2n) is 4.99. The van der Waals surface area contributed by atoms with Gasteiger partial charge in [0.05, 0.1) is 6.61 Å². The zero-order valence-corrected chi connectivity index (χ0v) is 11.8. The quantitative estimate of drug-likeness (QED) is 0.856. The molecular weight excluding hydrogens is 268 g/mol. The summed E-state index contributed by atoms with van der Waals surface area (Å²) >= 11 is 0. The fraction of sp³-hybridized carbons (Fsp3) is 0.235. The molecule has 0 aromatic heterocycles. The van der Waals surface area contributed by atoms with Crippen LogP contribution in [-0.4, -0.2) is 22.3 Å². The summed E-state index contributed by atoms with van der Waals surface area (Å²) < 4.78 is 5.79. The van der Waals surface area contributed by atoms with E-state index < -0.39 is 17.7 Å². The molecule has 0 aliphatic heterocycles. The number of carbonyl (C=O) groups is 1. The fourth-order valence-corrected chi connectivity index (χ4v) is 2.13. The van der Waals surface area contributed by atoms with Crippen LogP contribution in [0.4, 0.5) is 0 Å². The molecule has 0 spiro atoms. The molecule has 0 aliphatic carbocycles. The van der Waals surface area contributed by atoms with E-state index in [-0.39, 0.29) is 6.61 Å². The van der Waals surface area contributed by atoms with E-state index in [1.807, 2.05) is 36.4 Å². The maximum atomic E-state index is 11.2. The molecule has 0 aliphatic rings. The van der Waals surface area contributed by atoms with Gasteiger partial charge >= 0.3 is 5.97 Å². The maximum Gasteiger partial charge on any atom is 0.335 e. The lowest BCUT2D eigenvalue weighted by molar-refractivity contribution is -0.174. The first-order chi connectivity index (χ1) is 10.0. The van der Waals surface area contributed by atoms with Crippen molar-refractivity contribution >= 4 is 5.97 Å². The second-order valence-corrected chi connectivity index (χ2v) is 4.99. The van der Waals surface area contributed by atoms with E-state index in [4.69, 9.17) is 9.84 Å². The monoisotopic (exact) mass is 286 g/mol. The smallest absolute Gasteiger partial charge is 0.335 e. The van der Waals surface area contributed by atoms with Crippen molar-refractivity contribution in [1.29, 1.82) is 0 Å². The Morgan fingerprint density at radius 2 is 1.62 bits per heavy atom. The molecule has 0 amide bonds. The number of rotatable bonds is 6. The lowest BCUT2D eigenvalue weighted by Crippen LogP contribution is -2.44. The van der Waals surface area contributed by atoms with E-state index in [2.05, 4.69) is 0 Å². The first-order valence-corrected chi connectivity index (χ1v) is 6.68. The van der Waals surface area contributed by atoms with E-state index in [1.54, 1.807) is 31.2 Å². The molecule has 2 N–H and O–H groups in total. The van der Waals surface area contributed by atoms with Gasteiger partial charge in [0, 0.05) is 0 Å². The van der Waals surface area contributed by atoms with Crippen molar-refractivity contribution < 1.29 is 19.7 Å². The summed E-state index contributed by atoms with van der Waals surface area (Å²) in [5.74, 6) is -1.31. The Hall–Kier alpha value is -2.17. The van der Waals surface area contributed by atoms with Crippen LogP contribution in [0.1, 0.15) is 18.1 Å². The molecule has 2 aromatic rings. The standard InChI is InChI=1S/C17H18O4/c1-17(15(18)16(19)20,14-10-6-3-7-11-14)21-12-13-8-4-2-5-9-13/h2-11,15,18H,12H2,1H3,(H,19,20). The topological polar surface area (TPSA) is 66.8 Å². The first-order valence-electron chi connectivity index (χ1n) is 6.68. The largest absolute Gasteiger partial charge is 0.479 e. The summed E-state index contributed by atoms with van der Waals surface area (Å²) in [6.07, 6.45) is -1.65. The summed E-state index contributed by atoms with van der Waals surface area (Å²) in [5, 5.41) is 19.2. The van der Waals surface area contributed by atoms with Gasteiger partial charge in [0.1, 0.15) is 5.60 Å². The van der Waals surface area contributed by atoms with Gasteiger partial charge in [0.2, 0.25) is 0 Å². The van der Waals surface area contributed by atoms with Crippen LogP contribution in [0.25, 0.3) is 0 Å². The fourth-order valence-electron chi connectivity index (χ4n) is 2.13. The van der Waals surface area contributed by atoms with Crippen molar-refractivity contribution in [3.8, 4) is 0 Å². The number of hydrogen-bond donors (Lipinski definition) is 2. The molecule has 2 atom stereocenters. The lowest BCUT2D eigenvalue weighted by atomic mass is 9.89. The maximum absolute atomic E-state index is 11.2. The summed E-state index contributed by atoms with van der Waals surface area (Å²) in [6, 6.07) is 18.3. The molecule has 2 unspecified atom stereocenters. The van der Waals surface area contributed by atoms with Crippen LogP contribution in [0.15, 0.2) is 60.7 Å². The number of ether oxygens (including phenoxy) is 1. The Bertz CT molecular complexity index is 582. The number of aliphatic carboxylic acids is 1. The number of hydrogen-bond acceptors (Lipinski definition) is 3. The molecule has 0 saturated carbocycles. The predicted octanol–water partition coefficient (Wildman–Crippen LogP) is 2.56. The van der Waals surface area contributed by atoms with Crippen molar-refractivity contribution in [2.45, 2.75) is 25.2 Å². The third-order valence-electron chi connectivity index (χ3n) is 3.48. The van der Waals surface area contributed by atoms with E-state index in [1.165, 1.54) is 0 Å². The van der Waals surface area contributed by atoms with Crippen molar-refractivity contribution in [2.24, 2.45) is 0 Å². The molecule has 0 radical (unpaired) electrons. The van der Waals surface area contributed by atoms with Crippen LogP contribution in [0.2, 0.25) is 0 Å². The number of aliphatic hydroxyl groups is 1. The Balaban J connectivity index is 2.26. The van der Waals surface area contributed by atoms with Gasteiger partial charge in [-0.1, -0.05) is 60.7 Å². The van der Waals surface area contributed by atoms with Crippen LogP contribution in [0.5, 0.6) is 0 Å². The summed E-state index contributed by atoms with van der Waals surface area (Å²) in [4.78, 5) is 11.2. The summed E-state index contributed by atoms with van der Waals surface area (Å²) in [7, 11) is 0. The Morgan fingerprint density at radius 1 is 1.10 bits per heavy atom. The minimum Gasteiger partial charge on any atom is -0.479 e. The van der Waals surface area contributed by atoms with Crippen LogP contribution in [0.3, 0.4) is 0 Å². The zero-order valence-electron chi connectivity index (χ0n) is 11.8. The number of benzene rings is 2. The van der Waals surface area contributed by atoms with Gasteiger partial charge in [-0.15, -0.1) is 0 Å². The highest BCUT2D eigenvalue weighted by Crippen LogP contribution is 2.30. The average Bonchev–Trinajstić information content (AvgIpc) is 2.53. The van der Waals surface area contributed by atoms with Gasteiger partial charge in [-0.3, -0.25) is 0 Å². The normalized spacial score (nSPS) is 15.1. The van der Waals surface area contributed by atoms with Gasteiger partial charge in [-0.25, -0.2) is 4.79 Å². The highest BCUT2D eigenvalue weighted by molar-refractivity contribution is 5.74. The van der Waals surface area contributed by atoms with E-state index >= 15 is 0 Å². The molecule has 2 aromatic carbocycles. The molecular formula is C17H18O4. The Morgan fingerprint density at radius 3 is 2.14 bits per heavy atom. The molecule has 0 heterocycles. The van der Waals surface area contributed by atoms with Gasteiger partial charge in [-0.05, 0) is 18.1 Å². The van der Waals surface area contributed by atoms with Crippen molar-refractivity contribution in [2.75, 3.05) is 0 Å². The van der Waals surface area contributed by atoms with Crippen LogP contribution in [-0.2, 0) is 21.7 Å². The first kappa shape index (κ1) is 15.2. The van der Waals surface area contributed by atoms with Crippen LogP contribution < -0.4 is 0 Å². The average molecular weight is 286 g/mol. The number of carboxylic acid groups (broad SMARTS) is 1. The summed E-state index contributed by atoms with van der Waals surface area (Å²) in [5.41, 5.74) is 0.219. The molecule has 0 bridgehead atoms. The van der Waals surface area contributed by atoms with Gasteiger partial charge in [0.25, 0.3) is 0 Å². The third-order valence-corrected chi connectivity index (χ3v) is 3.48. The lowest BCUT2D eigenvalue weighted by Gasteiger charge is -2.33. The minimum atomic E-state index is -1.65.